The van der Waals surface area contributed by atoms with Gasteiger partial charge in [0.15, 0.2) is 0 Å². The second-order valence-corrected chi connectivity index (χ2v) is 5.18. The predicted molar refractivity (Wildman–Crippen MR) is 75.9 cm³/mol. The molecule has 0 aliphatic carbocycles. The van der Waals surface area contributed by atoms with Crippen LogP contribution >= 0.6 is 0 Å². The maximum Gasteiger partial charge on any atom is 0.344 e. The van der Waals surface area contributed by atoms with Crippen LogP contribution in [-0.4, -0.2) is 31.4 Å². The Labute approximate surface area is 119 Å². The van der Waals surface area contributed by atoms with Gasteiger partial charge in [-0.1, -0.05) is 6.07 Å². The summed E-state index contributed by atoms with van der Waals surface area (Å²) >= 11 is 0. The Morgan fingerprint density at radius 3 is 2.55 bits per heavy atom. The summed E-state index contributed by atoms with van der Waals surface area (Å²) in [7, 11) is 1.50. The van der Waals surface area contributed by atoms with Crippen molar-refractivity contribution in [3.05, 3.63) is 23.8 Å². The molecule has 110 valence electrons. The van der Waals surface area contributed by atoms with Crippen LogP contribution in [-0.2, 0) is 9.47 Å². The minimum absolute atomic E-state index is 0.0894. The third kappa shape index (κ3) is 3.22. The Bertz CT molecular complexity index is 479. The SMILES string of the molecule is COc1cccc(N)c1C(=O)OC1CC(C)OC(C)C1. The molecule has 0 spiro atoms. The van der Waals surface area contributed by atoms with Crippen molar-refractivity contribution in [2.24, 2.45) is 0 Å². The molecule has 0 radical (unpaired) electrons. The summed E-state index contributed by atoms with van der Waals surface area (Å²) in [5, 5.41) is 0. The number of ether oxygens (including phenoxy) is 3. The summed E-state index contributed by atoms with van der Waals surface area (Å²) in [5.74, 6) is -0.00518. The summed E-state index contributed by atoms with van der Waals surface area (Å²) in [6.07, 6.45) is 1.43. The molecule has 2 atom stereocenters. The van der Waals surface area contributed by atoms with Crippen LogP contribution in [0.4, 0.5) is 5.69 Å². The van der Waals surface area contributed by atoms with Gasteiger partial charge in [-0.25, -0.2) is 4.79 Å². The van der Waals surface area contributed by atoms with Gasteiger partial charge in [0.2, 0.25) is 0 Å². The van der Waals surface area contributed by atoms with Gasteiger partial charge in [0.1, 0.15) is 17.4 Å². The van der Waals surface area contributed by atoms with Crippen LogP contribution in [0, 0.1) is 0 Å². The lowest BCUT2D eigenvalue weighted by Crippen LogP contribution is -2.35. The molecule has 0 bridgehead atoms. The molecule has 2 unspecified atom stereocenters. The number of hydrogen-bond donors (Lipinski definition) is 1. The molecular weight excluding hydrogens is 258 g/mol. The lowest BCUT2D eigenvalue weighted by Gasteiger charge is -2.31. The van der Waals surface area contributed by atoms with Crippen LogP contribution in [0.3, 0.4) is 0 Å². The third-order valence-corrected chi connectivity index (χ3v) is 3.41. The second kappa shape index (κ2) is 6.13. The number of nitrogens with two attached hydrogens (primary N) is 1. The number of carbonyl (C=O) groups excluding carboxylic acids is 1. The van der Waals surface area contributed by atoms with Gasteiger partial charge in [-0.15, -0.1) is 0 Å². The Morgan fingerprint density at radius 2 is 1.95 bits per heavy atom. The number of nitrogen functional groups attached to an aromatic ring is 1. The van der Waals surface area contributed by atoms with E-state index in [4.69, 9.17) is 19.9 Å². The van der Waals surface area contributed by atoms with Crippen LogP contribution in [0.5, 0.6) is 5.75 Å². The Morgan fingerprint density at radius 1 is 1.30 bits per heavy atom. The standard InChI is InChI=1S/C15H21NO4/c1-9-7-11(8-10(2)19-9)20-15(17)14-12(16)5-4-6-13(14)18-3/h4-6,9-11H,7-8,16H2,1-3H3. The lowest BCUT2D eigenvalue weighted by molar-refractivity contribution is -0.0855. The molecule has 1 aliphatic heterocycles. The van der Waals surface area contributed by atoms with E-state index in [1.54, 1.807) is 18.2 Å². The van der Waals surface area contributed by atoms with Crippen molar-refractivity contribution in [3.8, 4) is 5.75 Å². The Kier molecular flexibility index (Phi) is 4.49. The second-order valence-electron chi connectivity index (χ2n) is 5.18. The summed E-state index contributed by atoms with van der Waals surface area (Å²) in [6.45, 7) is 3.96. The summed E-state index contributed by atoms with van der Waals surface area (Å²) in [6, 6.07) is 5.10. The van der Waals surface area contributed by atoms with Gasteiger partial charge in [-0.3, -0.25) is 0 Å². The van der Waals surface area contributed by atoms with E-state index < -0.39 is 5.97 Å². The molecule has 0 aromatic heterocycles. The minimum Gasteiger partial charge on any atom is -0.496 e. The number of anilines is 1. The molecule has 0 amide bonds. The van der Waals surface area contributed by atoms with Gasteiger partial charge in [-0.05, 0) is 26.0 Å². The number of carbonyl (C=O) groups is 1. The Hall–Kier alpha value is -1.75. The van der Waals surface area contributed by atoms with Gasteiger partial charge in [0.05, 0.1) is 19.3 Å². The highest BCUT2D eigenvalue weighted by Crippen LogP contribution is 2.28. The topological polar surface area (TPSA) is 70.8 Å². The fourth-order valence-corrected chi connectivity index (χ4v) is 2.59. The normalized spacial score (nSPS) is 26.1. The molecule has 1 aromatic rings. The molecule has 5 heteroatoms. The first kappa shape index (κ1) is 14.7. The molecule has 0 saturated carbocycles. The van der Waals surface area contributed by atoms with Crippen molar-refractivity contribution in [2.75, 3.05) is 12.8 Å². The monoisotopic (exact) mass is 279 g/mol. The predicted octanol–water partition coefficient (Wildman–Crippen LogP) is 2.39. The van der Waals surface area contributed by atoms with Crippen molar-refractivity contribution in [1.82, 2.24) is 0 Å². The summed E-state index contributed by atoms with van der Waals surface area (Å²) < 4.78 is 16.4. The molecule has 1 aliphatic rings. The quantitative estimate of drug-likeness (QED) is 0.679. The van der Waals surface area contributed by atoms with Gasteiger partial charge >= 0.3 is 5.97 Å². The number of benzene rings is 1. The highest BCUT2D eigenvalue weighted by molar-refractivity contribution is 5.98. The summed E-state index contributed by atoms with van der Waals surface area (Å²) in [4.78, 5) is 12.3. The van der Waals surface area contributed by atoms with E-state index in [9.17, 15) is 4.79 Å². The van der Waals surface area contributed by atoms with Crippen LogP contribution in [0.2, 0.25) is 0 Å². The van der Waals surface area contributed by atoms with Crippen molar-refractivity contribution >= 4 is 11.7 Å². The molecule has 20 heavy (non-hydrogen) atoms. The zero-order valence-electron chi connectivity index (χ0n) is 12.1. The van der Waals surface area contributed by atoms with Crippen molar-refractivity contribution < 1.29 is 19.0 Å². The molecule has 1 fully saturated rings. The number of esters is 1. The first-order chi connectivity index (χ1) is 9.51. The van der Waals surface area contributed by atoms with Crippen LogP contribution < -0.4 is 10.5 Å². The average molecular weight is 279 g/mol. The van der Waals surface area contributed by atoms with E-state index in [0.717, 1.165) is 0 Å². The van der Waals surface area contributed by atoms with Crippen LogP contribution in [0.1, 0.15) is 37.0 Å². The molecule has 1 saturated heterocycles. The fourth-order valence-electron chi connectivity index (χ4n) is 2.59. The number of methoxy groups -OCH3 is 1. The van der Waals surface area contributed by atoms with E-state index >= 15 is 0 Å². The molecular formula is C15H21NO4. The van der Waals surface area contributed by atoms with Gasteiger partial charge in [0, 0.05) is 18.5 Å². The average Bonchev–Trinajstić information content (AvgIpc) is 2.36. The van der Waals surface area contributed by atoms with Gasteiger partial charge in [0.25, 0.3) is 0 Å². The van der Waals surface area contributed by atoms with Crippen LogP contribution in [0.15, 0.2) is 18.2 Å². The molecule has 2 N–H and O–H groups in total. The van der Waals surface area contributed by atoms with E-state index in [1.807, 2.05) is 13.8 Å². The zero-order valence-corrected chi connectivity index (χ0v) is 12.1. The zero-order chi connectivity index (χ0) is 14.7. The minimum atomic E-state index is -0.439. The van der Waals surface area contributed by atoms with Crippen LogP contribution in [0.25, 0.3) is 0 Å². The van der Waals surface area contributed by atoms with E-state index in [2.05, 4.69) is 0 Å². The van der Waals surface area contributed by atoms with Crippen molar-refractivity contribution in [2.45, 2.75) is 45.0 Å². The molecule has 1 heterocycles. The number of hydrogen-bond acceptors (Lipinski definition) is 5. The summed E-state index contributed by atoms with van der Waals surface area (Å²) in [5.41, 5.74) is 6.51. The van der Waals surface area contributed by atoms with Crippen molar-refractivity contribution in [1.29, 1.82) is 0 Å². The molecule has 1 aromatic carbocycles. The maximum atomic E-state index is 12.3. The van der Waals surface area contributed by atoms with Gasteiger partial charge in [-0.2, -0.15) is 0 Å². The first-order valence-corrected chi connectivity index (χ1v) is 6.80. The molecule has 2 rings (SSSR count). The van der Waals surface area contributed by atoms with E-state index in [1.165, 1.54) is 7.11 Å². The highest BCUT2D eigenvalue weighted by Gasteiger charge is 2.29. The number of rotatable bonds is 3. The Balaban J connectivity index is 2.12. The van der Waals surface area contributed by atoms with E-state index in [-0.39, 0.29) is 18.3 Å². The first-order valence-electron chi connectivity index (χ1n) is 6.80. The fraction of sp³-hybridized carbons (Fsp3) is 0.533. The highest BCUT2D eigenvalue weighted by atomic mass is 16.6. The van der Waals surface area contributed by atoms with Gasteiger partial charge < -0.3 is 19.9 Å². The molecule has 5 nitrogen and oxygen atoms in total. The third-order valence-electron chi connectivity index (χ3n) is 3.41. The lowest BCUT2D eigenvalue weighted by atomic mass is 10.0. The maximum absolute atomic E-state index is 12.3. The smallest absolute Gasteiger partial charge is 0.344 e. The van der Waals surface area contributed by atoms with Crippen molar-refractivity contribution in [3.63, 3.8) is 0 Å². The largest absolute Gasteiger partial charge is 0.496 e. The van der Waals surface area contributed by atoms with E-state index in [0.29, 0.717) is 29.8 Å².